The molecular formula is C43H25N3O2. The van der Waals surface area contributed by atoms with Gasteiger partial charge in [-0.2, -0.15) is 0 Å². The summed E-state index contributed by atoms with van der Waals surface area (Å²) < 4.78 is 13.0. The SMILES string of the molecule is c1ccc(-c2cccc3c2oc2cccc(-c4nc(-c5ccc6ccccc6c5)nc(-c5cccc6c5oc5ccccc56)n4)c23)cc1. The van der Waals surface area contributed by atoms with Crippen LogP contribution >= 0.6 is 0 Å². The van der Waals surface area contributed by atoms with Gasteiger partial charge in [0.1, 0.15) is 22.3 Å². The first-order valence-corrected chi connectivity index (χ1v) is 15.9. The highest BCUT2D eigenvalue weighted by Crippen LogP contribution is 2.41. The van der Waals surface area contributed by atoms with Gasteiger partial charge in [0, 0.05) is 38.2 Å². The molecule has 0 aliphatic rings. The Morgan fingerprint density at radius 3 is 1.85 bits per heavy atom. The van der Waals surface area contributed by atoms with Gasteiger partial charge in [-0.05, 0) is 40.6 Å². The fourth-order valence-electron chi connectivity index (χ4n) is 6.88. The predicted molar refractivity (Wildman–Crippen MR) is 194 cm³/mol. The molecule has 10 aromatic rings. The maximum atomic E-state index is 6.58. The van der Waals surface area contributed by atoms with E-state index in [1.807, 2.05) is 72.8 Å². The van der Waals surface area contributed by atoms with Crippen molar-refractivity contribution in [3.05, 3.63) is 152 Å². The number of nitrogens with zero attached hydrogens (tertiary/aromatic N) is 3. The van der Waals surface area contributed by atoms with Crippen molar-refractivity contribution in [2.75, 3.05) is 0 Å². The minimum Gasteiger partial charge on any atom is -0.455 e. The number of benzene rings is 7. The minimum absolute atomic E-state index is 0.544. The van der Waals surface area contributed by atoms with Crippen LogP contribution in [0.4, 0.5) is 0 Å². The summed E-state index contributed by atoms with van der Waals surface area (Å²) >= 11 is 0. The third-order valence-corrected chi connectivity index (χ3v) is 9.14. The Bertz CT molecular complexity index is 2850. The Morgan fingerprint density at radius 2 is 0.958 bits per heavy atom. The van der Waals surface area contributed by atoms with Crippen molar-refractivity contribution in [3.8, 4) is 45.3 Å². The largest absolute Gasteiger partial charge is 0.455 e. The average Bonchev–Trinajstić information content (AvgIpc) is 3.73. The van der Waals surface area contributed by atoms with Crippen molar-refractivity contribution in [1.82, 2.24) is 15.0 Å². The molecule has 5 heteroatoms. The van der Waals surface area contributed by atoms with Gasteiger partial charge in [-0.1, -0.05) is 127 Å². The highest BCUT2D eigenvalue weighted by atomic mass is 16.3. The van der Waals surface area contributed by atoms with Crippen molar-refractivity contribution in [2.45, 2.75) is 0 Å². The zero-order valence-electron chi connectivity index (χ0n) is 25.6. The zero-order chi connectivity index (χ0) is 31.6. The second-order valence-corrected chi connectivity index (χ2v) is 12.0. The predicted octanol–water partition coefficient (Wildman–Crippen LogP) is 11.5. The number of aromatic nitrogens is 3. The maximum absolute atomic E-state index is 6.58. The summed E-state index contributed by atoms with van der Waals surface area (Å²) in [6, 6.07) is 51.6. The van der Waals surface area contributed by atoms with E-state index >= 15 is 0 Å². The van der Waals surface area contributed by atoms with E-state index in [0.29, 0.717) is 17.5 Å². The molecule has 7 aromatic carbocycles. The highest BCUT2D eigenvalue weighted by molar-refractivity contribution is 6.15. The molecule has 3 heterocycles. The summed E-state index contributed by atoms with van der Waals surface area (Å²) in [5.41, 5.74) is 7.92. The Kier molecular flexibility index (Phi) is 5.81. The van der Waals surface area contributed by atoms with Crippen LogP contribution in [-0.2, 0) is 0 Å². The molecular weight excluding hydrogens is 590 g/mol. The van der Waals surface area contributed by atoms with E-state index in [4.69, 9.17) is 23.8 Å². The second-order valence-electron chi connectivity index (χ2n) is 12.0. The zero-order valence-corrected chi connectivity index (χ0v) is 25.6. The van der Waals surface area contributed by atoms with Gasteiger partial charge in [0.2, 0.25) is 0 Å². The van der Waals surface area contributed by atoms with Crippen LogP contribution in [0.5, 0.6) is 0 Å². The first-order valence-electron chi connectivity index (χ1n) is 15.9. The summed E-state index contributed by atoms with van der Waals surface area (Å²) in [6.07, 6.45) is 0. The van der Waals surface area contributed by atoms with Crippen molar-refractivity contribution in [1.29, 1.82) is 0 Å². The van der Waals surface area contributed by atoms with Crippen LogP contribution in [0.15, 0.2) is 160 Å². The lowest BCUT2D eigenvalue weighted by Gasteiger charge is -2.10. The van der Waals surface area contributed by atoms with Gasteiger partial charge >= 0.3 is 0 Å². The second kappa shape index (κ2) is 10.5. The van der Waals surface area contributed by atoms with Crippen molar-refractivity contribution in [3.63, 3.8) is 0 Å². The van der Waals surface area contributed by atoms with Crippen molar-refractivity contribution in [2.24, 2.45) is 0 Å². The van der Waals surface area contributed by atoms with Crippen molar-refractivity contribution >= 4 is 54.6 Å². The summed E-state index contributed by atoms with van der Waals surface area (Å²) in [4.78, 5) is 15.4. The molecule has 0 bridgehead atoms. The van der Waals surface area contributed by atoms with Gasteiger partial charge in [-0.3, -0.25) is 0 Å². The lowest BCUT2D eigenvalue weighted by atomic mass is 10.0. The van der Waals surface area contributed by atoms with Crippen molar-refractivity contribution < 1.29 is 8.83 Å². The monoisotopic (exact) mass is 615 g/mol. The third-order valence-electron chi connectivity index (χ3n) is 9.14. The Hall–Kier alpha value is -6.59. The van der Waals surface area contributed by atoms with Crippen LogP contribution in [0.2, 0.25) is 0 Å². The molecule has 0 radical (unpaired) electrons. The van der Waals surface area contributed by atoms with Crippen LogP contribution in [0.25, 0.3) is 99.9 Å². The normalized spacial score (nSPS) is 11.8. The molecule has 0 saturated heterocycles. The standard InChI is InChI=1S/C43H25N3O2/c1-2-12-27(13-3-1)30-16-8-18-33-38-34(19-10-22-37(38)48-39(30)33)42-44-41(29-24-23-26-11-4-5-14-28(26)25-29)45-43(46-42)35-20-9-17-32-31-15-6-7-21-36(31)47-40(32)35/h1-25H. The van der Waals surface area contributed by atoms with Crippen LogP contribution in [0.1, 0.15) is 0 Å². The molecule has 48 heavy (non-hydrogen) atoms. The molecule has 0 atom stereocenters. The smallest absolute Gasteiger partial charge is 0.167 e. The molecule has 0 spiro atoms. The summed E-state index contributed by atoms with van der Waals surface area (Å²) in [5.74, 6) is 1.70. The molecule has 0 aliphatic heterocycles. The van der Waals surface area contributed by atoms with E-state index in [-0.39, 0.29) is 0 Å². The van der Waals surface area contributed by atoms with E-state index in [1.165, 1.54) is 0 Å². The summed E-state index contributed by atoms with van der Waals surface area (Å²) in [5, 5.41) is 6.33. The Labute approximate surface area is 274 Å². The van der Waals surface area contributed by atoms with Gasteiger partial charge in [-0.15, -0.1) is 0 Å². The third kappa shape index (κ3) is 4.15. The Balaban J connectivity index is 1.25. The minimum atomic E-state index is 0.544. The van der Waals surface area contributed by atoms with Crippen LogP contribution in [0.3, 0.4) is 0 Å². The molecule has 3 aromatic heterocycles. The fraction of sp³-hybridized carbons (Fsp3) is 0. The number of furan rings is 2. The summed E-state index contributed by atoms with van der Waals surface area (Å²) in [7, 11) is 0. The fourth-order valence-corrected chi connectivity index (χ4v) is 6.88. The number of hydrogen-bond donors (Lipinski definition) is 0. The number of fused-ring (bicyclic) bond motifs is 7. The quantitative estimate of drug-likeness (QED) is 0.197. The lowest BCUT2D eigenvalue weighted by Crippen LogP contribution is -2.00. The van der Waals surface area contributed by atoms with E-state index < -0.39 is 0 Å². The number of rotatable bonds is 4. The molecule has 0 saturated carbocycles. The van der Waals surface area contributed by atoms with Crippen LogP contribution in [0, 0.1) is 0 Å². The molecule has 224 valence electrons. The summed E-state index contributed by atoms with van der Waals surface area (Å²) in [6.45, 7) is 0. The molecule has 5 nitrogen and oxygen atoms in total. The number of hydrogen-bond acceptors (Lipinski definition) is 5. The van der Waals surface area contributed by atoms with Gasteiger partial charge in [0.15, 0.2) is 17.5 Å². The Morgan fingerprint density at radius 1 is 0.354 bits per heavy atom. The molecule has 10 rings (SSSR count). The van der Waals surface area contributed by atoms with Gasteiger partial charge in [0.25, 0.3) is 0 Å². The van der Waals surface area contributed by atoms with E-state index in [2.05, 4.69) is 78.9 Å². The molecule has 0 aliphatic carbocycles. The van der Waals surface area contributed by atoms with E-state index in [9.17, 15) is 0 Å². The topological polar surface area (TPSA) is 65.0 Å². The van der Waals surface area contributed by atoms with E-state index in [1.54, 1.807) is 0 Å². The van der Waals surface area contributed by atoms with Crippen LogP contribution in [-0.4, -0.2) is 15.0 Å². The molecule has 0 amide bonds. The molecule has 0 fully saturated rings. The number of para-hydroxylation sites is 3. The average molecular weight is 616 g/mol. The first kappa shape index (κ1) is 26.6. The van der Waals surface area contributed by atoms with Crippen LogP contribution < -0.4 is 0 Å². The van der Waals surface area contributed by atoms with Gasteiger partial charge in [-0.25, -0.2) is 15.0 Å². The van der Waals surface area contributed by atoms with Gasteiger partial charge in [0.05, 0.1) is 5.56 Å². The highest BCUT2D eigenvalue weighted by Gasteiger charge is 2.21. The maximum Gasteiger partial charge on any atom is 0.167 e. The van der Waals surface area contributed by atoms with Gasteiger partial charge < -0.3 is 8.83 Å². The molecule has 0 unspecified atom stereocenters. The first-order chi connectivity index (χ1) is 23.8. The van der Waals surface area contributed by atoms with E-state index in [0.717, 1.165) is 82.5 Å². The lowest BCUT2D eigenvalue weighted by molar-refractivity contribution is 0.669. The molecule has 0 N–H and O–H groups in total.